The maximum Gasteiger partial charge on any atom is 0.372 e. The van der Waals surface area contributed by atoms with Gasteiger partial charge in [-0.2, -0.15) is 0 Å². The largest absolute Gasteiger partial charge is 0.475 e. The molecule has 0 amide bonds. The molecule has 0 aliphatic carbocycles. The van der Waals surface area contributed by atoms with Gasteiger partial charge in [0.15, 0.2) is 0 Å². The van der Waals surface area contributed by atoms with Crippen LogP contribution in [0.2, 0.25) is 0 Å². The minimum absolute atomic E-state index is 0.0661. The van der Waals surface area contributed by atoms with Gasteiger partial charge in [-0.3, -0.25) is 0 Å². The SMILES string of the molecule is CCOCC(C)OCc1ccoc1C(=O)O. The molecule has 1 rings (SSSR count). The third kappa shape index (κ3) is 3.67. The predicted molar refractivity (Wildman–Crippen MR) is 56.4 cm³/mol. The van der Waals surface area contributed by atoms with Crippen molar-refractivity contribution in [2.24, 2.45) is 0 Å². The number of carboxylic acid groups (broad SMARTS) is 1. The summed E-state index contributed by atoms with van der Waals surface area (Å²) >= 11 is 0. The van der Waals surface area contributed by atoms with E-state index >= 15 is 0 Å². The molecule has 0 aliphatic heterocycles. The summed E-state index contributed by atoms with van der Waals surface area (Å²) in [5.41, 5.74) is 0.538. The normalized spacial score (nSPS) is 12.6. The molecule has 0 radical (unpaired) electrons. The van der Waals surface area contributed by atoms with E-state index in [2.05, 4.69) is 0 Å². The Kier molecular flexibility index (Phi) is 5.01. The van der Waals surface area contributed by atoms with Gasteiger partial charge in [0.1, 0.15) is 0 Å². The van der Waals surface area contributed by atoms with E-state index in [0.29, 0.717) is 18.8 Å². The molecular weight excluding hydrogens is 212 g/mol. The minimum Gasteiger partial charge on any atom is -0.475 e. The summed E-state index contributed by atoms with van der Waals surface area (Å²) in [6.45, 7) is 5.13. The van der Waals surface area contributed by atoms with Crippen LogP contribution in [0.4, 0.5) is 0 Å². The fourth-order valence-corrected chi connectivity index (χ4v) is 1.20. The third-order valence-electron chi connectivity index (χ3n) is 2.02. The molecule has 5 nitrogen and oxygen atoms in total. The Hall–Kier alpha value is -1.33. The molecule has 0 saturated heterocycles. The number of aromatic carboxylic acids is 1. The molecule has 1 N–H and O–H groups in total. The summed E-state index contributed by atoms with van der Waals surface area (Å²) in [4.78, 5) is 10.7. The van der Waals surface area contributed by atoms with Gasteiger partial charge in [0.05, 0.1) is 25.6 Å². The van der Waals surface area contributed by atoms with Crippen LogP contribution in [0.1, 0.15) is 30.0 Å². The summed E-state index contributed by atoms with van der Waals surface area (Å²) < 4.78 is 15.4. The Bertz CT molecular complexity index is 331. The van der Waals surface area contributed by atoms with Gasteiger partial charge in [0.2, 0.25) is 5.76 Å². The molecule has 5 heteroatoms. The second-order valence-corrected chi connectivity index (χ2v) is 3.36. The molecule has 1 unspecified atom stereocenters. The van der Waals surface area contributed by atoms with Gasteiger partial charge >= 0.3 is 5.97 Å². The molecule has 0 aromatic carbocycles. The highest BCUT2D eigenvalue weighted by atomic mass is 16.5. The number of hydrogen-bond donors (Lipinski definition) is 1. The summed E-state index contributed by atoms with van der Waals surface area (Å²) in [6.07, 6.45) is 1.27. The fourth-order valence-electron chi connectivity index (χ4n) is 1.20. The molecule has 0 saturated carbocycles. The van der Waals surface area contributed by atoms with E-state index in [1.807, 2.05) is 13.8 Å². The summed E-state index contributed by atoms with van der Waals surface area (Å²) in [5, 5.41) is 8.79. The van der Waals surface area contributed by atoms with Crippen molar-refractivity contribution in [3.05, 3.63) is 23.7 Å². The number of hydrogen-bond acceptors (Lipinski definition) is 4. The van der Waals surface area contributed by atoms with Crippen molar-refractivity contribution in [1.29, 1.82) is 0 Å². The quantitative estimate of drug-likeness (QED) is 0.772. The molecule has 1 aromatic rings. The first-order valence-corrected chi connectivity index (χ1v) is 5.14. The van der Waals surface area contributed by atoms with Gasteiger partial charge in [-0.05, 0) is 19.9 Å². The molecule has 1 aromatic heterocycles. The molecule has 90 valence electrons. The van der Waals surface area contributed by atoms with Gasteiger partial charge in [0.25, 0.3) is 0 Å². The van der Waals surface area contributed by atoms with Crippen LogP contribution in [-0.4, -0.2) is 30.4 Å². The third-order valence-corrected chi connectivity index (χ3v) is 2.02. The van der Waals surface area contributed by atoms with Crippen molar-refractivity contribution in [1.82, 2.24) is 0 Å². The predicted octanol–water partition coefficient (Wildman–Crippen LogP) is 1.92. The molecule has 16 heavy (non-hydrogen) atoms. The van der Waals surface area contributed by atoms with Crippen LogP contribution in [0.3, 0.4) is 0 Å². The van der Waals surface area contributed by atoms with Gasteiger partial charge in [-0.25, -0.2) is 4.79 Å². The van der Waals surface area contributed by atoms with Crippen LogP contribution in [0.25, 0.3) is 0 Å². The van der Waals surface area contributed by atoms with Crippen molar-refractivity contribution in [2.75, 3.05) is 13.2 Å². The maximum absolute atomic E-state index is 10.7. The van der Waals surface area contributed by atoms with E-state index in [1.165, 1.54) is 6.26 Å². The number of furan rings is 1. The van der Waals surface area contributed by atoms with Gasteiger partial charge in [0, 0.05) is 12.2 Å². The van der Waals surface area contributed by atoms with E-state index in [1.54, 1.807) is 6.07 Å². The zero-order valence-corrected chi connectivity index (χ0v) is 9.43. The molecule has 0 bridgehead atoms. The van der Waals surface area contributed by atoms with Crippen LogP contribution in [-0.2, 0) is 16.1 Å². The Labute approximate surface area is 94.0 Å². The van der Waals surface area contributed by atoms with Crippen molar-refractivity contribution in [3.63, 3.8) is 0 Å². The number of carbonyl (C=O) groups is 1. The van der Waals surface area contributed by atoms with Crippen LogP contribution in [0.15, 0.2) is 16.7 Å². The molecule has 0 aliphatic rings. The Morgan fingerprint density at radius 2 is 2.38 bits per heavy atom. The van der Waals surface area contributed by atoms with Gasteiger partial charge < -0.3 is 19.0 Å². The summed E-state index contributed by atoms with van der Waals surface area (Å²) in [7, 11) is 0. The molecular formula is C11H16O5. The van der Waals surface area contributed by atoms with Crippen LogP contribution in [0.5, 0.6) is 0 Å². The molecule has 1 atom stereocenters. The monoisotopic (exact) mass is 228 g/mol. The first kappa shape index (κ1) is 12.7. The average molecular weight is 228 g/mol. The standard InChI is InChI=1S/C11H16O5/c1-3-14-6-8(2)16-7-9-4-5-15-10(9)11(12)13/h4-5,8H,3,6-7H2,1-2H3,(H,12,13). The van der Waals surface area contributed by atoms with Crippen LogP contribution < -0.4 is 0 Å². The molecule has 0 fully saturated rings. The minimum atomic E-state index is -1.08. The van der Waals surface area contributed by atoms with Crippen molar-refractivity contribution >= 4 is 5.97 Å². The lowest BCUT2D eigenvalue weighted by Crippen LogP contribution is -2.16. The second kappa shape index (κ2) is 6.30. The summed E-state index contributed by atoms with van der Waals surface area (Å²) in [5.74, 6) is -1.15. The first-order chi connectivity index (χ1) is 7.65. The van der Waals surface area contributed by atoms with E-state index in [4.69, 9.17) is 19.0 Å². The highest BCUT2D eigenvalue weighted by Crippen LogP contribution is 2.12. The Balaban J connectivity index is 2.42. The number of ether oxygens (including phenoxy) is 2. The first-order valence-electron chi connectivity index (χ1n) is 5.14. The van der Waals surface area contributed by atoms with Crippen molar-refractivity contribution < 1.29 is 23.8 Å². The lowest BCUT2D eigenvalue weighted by Gasteiger charge is -2.12. The zero-order chi connectivity index (χ0) is 12.0. The van der Waals surface area contributed by atoms with E-state index in [9.17, 15) is 4.79 Å². The topological polar surface area (TPSA) is 68.9 Å². The highest BCUT2D eigenvalue weighted by molar-refractivity contribution is 5.85. The summed E-state index contributed by atoms with van der Waals surface area (Å²) in [6, 6.07) is 1.59. The fraction of sp³-hybridized carbons (Fsp3) is 0.545. The maximum atomic E-state index is 10.7. The van der Waals surface area contributed by atoms with Crippen molar-refractivity contribution in [3.8, 4) is 0 Å². The highest BCUT2D eigenvalue weighted by Gasteiger charge is 2.14. The second-order valence-electron chi connectivity index (χ2n) is 3.36. The van der Waals surface area contributed by atoms with Crippen molar-refractivity contribution in [2.45, 2.75) is 26.6 Å². The van der Waals surface area contributed by atoms with Gasteiger partial charge in [-0.1, -0.05) is 0 Å². The number of rotatable bonds is 7. The van der Waals surface area contributed by atoms with Gasteiger partial charge in [-0.15, -0.1) is 0 Å². The van der Waals surface area contributed by atoms with E-state index in [0.717, 1.165) is 0 Å². The zero-order valence-electron chi connectivity index (χ0n) is 9.43. The Morgan fingerprint density at radius 1 is 1.62 bits per heavy atom. The smallest absolute Gasteiger partial charge is 0.372 e. The van der Waals surface area contributed by atoms with Crippen LogP contribution in [0, 0.1) is 0 Å². The molecule has 1 heterocycles. The van der Waals surface area contributed by atoms with E-state index in [-0.39, 0.29) is 18.5 Å². The molecule has 0 spiro atoms. The van der Waals surface area contributed by atoms with Crippen LogP contribution >= 0.6 is 0 Å². The lowest BCUT2D eigenvalue weighted by atomic mass is 10.2. The average Bonchev–Trinajstić information content (AvgIpc) is 2.71. The Morgan fingerprint density at radius 3 is 3.00 bits per heavy atom. The lowest BCUT2D eigenvalue weighted by molar-refractivity contribution is -0.0122. The number of carboxylic acids is 1. The van der Waals surface area contributed by atoms with E-state index < -0.39 is 5.97 Å².